The minimum absolute atomic E-state index is 0. The van der Waals surface area contributed by atoms with Gasteiger partial charge >= 0.3 is 0 Å². The number of hydrogen-bond donors (Lipinski definition) is 0. The van der Waals surface area contributed by atoms with Gasteiger partial charge in [0, 0.05) is 0 Å². The average Bonchev–Trinajstić information content (AvgIpc) is 1.66. The van der Waals surface area contributed by atoms with Gasteiger partial charge in [0.05, 0.1) is 0 Å². The van der Waals surface area contributed by atoms with Crippen LogP contribution in [-0.4, -0.2) is 0 Å². The molecule has 0 amide bonds. The molecule has 0 saturated carbocycles. The molecule has 0 fully saturated rings. The molecule has 0 N–H and O–H groups in total. The summed E-state index contributed by atoms with van der Waals surface area (Å²) in [7, 11) is 0. The average molecular weight is 128 g/mol. The highest BCUT2D eigenvalue weighted by Gasteiger charge is 1.89. The molecular formula is C9H20. The largest absolute Gasteiger partial charge is 0.103 e. The van der Waals surface area contributed by atoms with Gasteiger partial charge in [0.15, 0.2) is 0 Å². The minimum Gasteiger partial charge on any atom is -0.103 e. The van der Waals surface area contributed by atoms with Gasteiger partial charge in [-0.2, -0.15) is 0 Å². The summed E-state index contributed by atoms with van der Waals surface area (Å²) in [6, 6.07) is 0. The molecule has 0 aromatic carbocycles. The van der Waals surface area contributed by atoms with Crippen molar-refractivity contribution in [3.05, 3.63) is 12.7 Å². The molecule has 0 aliphatic heterocycles. The van der Waals surface area contributed by atoms with Crippen molar-refractivity contribution in [1.29, 1.82) is 0 Å². The van der Waals surface area contributed by atoms with E-state index in [1.54, 1.807) is 0 Å². The zero-order chi connectivity index (χ0) is 6.41. The van der Waals surface area contributed by atoms with E-state index in [4.69, 9.17) is 0 Å². The molecule has 56 valence electrons. The van der Waals surface area contributed by atoms with E-state index in [9.17, 15) is 0 Å². The van der Waals surface area contributed by atoms with Crippen molar-refractivity contribution in [2.24, 2.45) is 5.92 Å². The first-order valence-electron chi connectivity index (χ1n) is 3.38. The molecule has 0 bridgehead atoms. The monoisotopic (exact) mass is 128 g/mol. The van der Waals surface area contributed by atoms with Gasteiger partial charge in [-0.1, -0.05) is 33.8 Å². The van der Waals surface area contributed by atoms with Crippen LogP contribution in [0, 0.1) is 5.92 Å². The summed E-state index contributed by atoms with van der Waals surface area (Å²) in [6.45, 7) is 8.16. The fraction of sp³-hybridized carbons (Fsp3) is 0.778. The van der Waals surface area contributed by atoms with Gasteiger partial charge in [-0.05, 0) is 18.8 Å². The SMILES string of the molecule is C.C=CCCCC(C)C. The van der Waals surface area contributed by atoms with Crippen LogP contribution < -0.4 is 0 Å². The lowest BCUT2D eigenvalue weighted by molar-refractivity contribution is 0.560. The van der Waals surface area contributed by atoms with Crippen LogP contribution in [0.5, 0.6) is 0 Å². The van der Waals surface area contributed by atoms with Crippen LogP contribution in [0.1, 0.15) is 40.5 Å². The summed E-state index contributed by atoms with van der Waals surface area (Å²) in [4.78, 5) is 0. The Morgan fingerprint density at radius 1 is 1.44 bits per heavy atom. The fourth-order valence-electron chi connectivity index (χ4n) is 0.670. The Morgan fingerprint density at radius 3 is 2.33 bits per heavy atom. The molecule has 0 radical (unpaired) electrons. The summed E-state index contributed by atoms with van der Waals surface area (Å²) in [6.07, 6.45) is 5.81. The van der Waals surface area contributed by atoms with E-state index in [1.165, 1.54) is 19.3 Å². The Labute approximate surface area is 60.0 Å². The Kier molecular flexibility index (Phi) is 9.91. The van der Waals surface area contributed by atoms with Gasteiger partial charge in [0.1, 0.15) is 0 Å². The predicted octanol–water partition coefficient (Wildman–Crippen LogP) is 3.63. The Balaban J connectivity index is 0. The zero-order valence-electron chi connectivity index (χ0n) is 5.98. The van der Waals surface area contributed by atoms with Crippen LogP contribution in [0.15, 0.2) is 12.7 Å². The van der Waals surface area contributed by atoms with E-state index in [2.05, 4.69) is 20.4 Å². The Bertz CT molecular complexity index is 53.1. The van der Waals surface area contributed by atoms with Crippen molar-refractivity contribution in [3.63, 3.8) is 0 Å². The van der Waals surface area contributed by atoms with E-state index in [0.29, 0.717) is 0 Å². The molecule has 0 nitrogen and oxygen atoms in total. The van der Waals surface area contributed by atoms with Crippen molar-refractivity contribution < 1.29 is 0 Å². The van der Waals surface area contributed by atoms with E-state index >= 15 is 0 Å². The van der Waals surface area contributed by atoms with Crippen LogP contribution in [-0.2, 0) is 0 Å². The topological polar surface area (TPSA) is 0 Å². The Hall–Kier alpha value is -0.260. The molecule has 0 aliphatic carbocycles. The van der Waals surface area contributed by atoms with Crippen LogP contribution in [0.4, 0.5) is 0 Å². The summed E-state index contributed by atoms with van der Waals surface area (Å²) < 4.78 is 0. The first-order valence-corrected chi connectivity index (χ1v) is 3.38. The third kappa shape index (κ3) is 11.4. The van der Waals surface area contributed by atoms with E-state index < -0.39 is 0 Å². The third-order valence-corrected chi connectivity index (χ3v) is 1.19. The summed E-state index contributed by atoms with van der Waals surface area (Å²) in [5.74, 6) is 0.856. The maximum Gasteiger partial charge on any atom is -0.0353 e. The summed E-state index contributed by atoms with van der Waals surface area (Å²) in [5.41, 5.74) is 0. The minimum atomic E-state index is 0. The van der Waals surface area contributed by atoms with Gasteiger partial charge in [-0.15, -0.1) is 6.58 Å². The van der Waals surface area contributed by atoms with Gasteiger partial charge in [0.25, 0.3) is 0 Å². The molecule has 0 heterocycles. The van der Waals surface area contributed by atoms with Crippen LogP contribution in [0.2, 0.25) is 0 Å². The summed E-state index contributed by atoms with van der Waals surface area (Å²) in [5, 5.41) is 0. The van der Waals surface area contributed by atoms with Gasteiger partial charge in [0.2, 0.25) is 0 Å². The van der Waals surface area contributed by atoms with Crippen molar-refractivity contribution in [2.45, 2.75) is 40.5 Å². The van der Waals surface area contributed by atoms with Crippen molar-refractivity contribution in [3.8, 4) is 0 Å². The maximum atomic E-state index is 3.66. The predicted molar refractivity (Wildman–Crippen MR) is 45.6 cm³/mol. The standard InChI is InChI=1S/C8H16.CH4/c1-4-5-6-7-8(2)3;/h4,8H,1,5-7H2,2-3H3;1H4. The lowest BCUT2D eigenvalue weighted by Gasteiger charge is -1.99. The number of rotatable bonds is 4. The molecule has 0 heteroatoms. The van der Waals surface area contributed by atoms with E-state index in [0.717, 1.165) is 5.92 Å². The van der Waals surface area contributed by atoms with Crippen molar-refractivity contribution in [1.82, 2.24) is 0 Å². The molecular weight excluding hydrogens is 108 g/mol. The van der Waals surface area contributed by atoms with Gasteiger partial charge < -0.3 is 0 Å². The third-order valence-electron chi connectivity index (χ3n) is 1.19. The van der Waals surface area contributed by atoms with Crippen molar-refractivity contribution >= 4 is 0 Å². The molecule has 0 unspecified atom stereocenters. The van der Waals surface area contributed by atoms with E-state index in [-0.39, 0.29) is 7.43 Å². The second kappa shape index (κ2) is 7.74. The lowest BCUT2D eigenvalue weighted by Crippen LogP contribution is -1.84. The molecule has 0 aromatic rings. The highest BCUT2D eigenvalue weighted by molar-refractivity contribution is 4.65. The number of unbranched alkanes of at least 4 members (excludes halogenated alkanes) is 1. The molecule has 0 spiro atoms. The number of allylic oxidation sites excluding steroid dienone is 1. The van der Waals surface area contributed by atoms with Crippen LogP contribution in [0.25, 0.3) is 0 Å². The van der Waals surface area contributed by atoms with Crippen LogP contribution in [0.3, 0.4) is 0 Å². The molecule has 0 aliphatic rings. The maximum absolute atomic E-state index is 3.66. The fourth-order valence-corrected chi connectivity index (χ4v) is 0.670. The molecule has 0 aromatic heterocycles. The van der Waals surface area contributed by atoms with Crippen LogP contribution >= 0.6 is 0 Å². The molecule has 0 saturated heterocycles. The Morgan fingerprint density at radius 2 is 2.00 bits per heavy atom. The second-order valence-electron chi connectivity index (χ2n) is 2.61. The second-order valence-corrected chi connectivity index (χ2v) is 2.61. The van der Waals surface area contributed by atoms with Gasteiger partial charge in [-0.25, -0.2) is 0 Å². The smallest absolute Gasteiger partial charge is 0.0353 e. The van der Waals surface area contributed by atoms with Gasteiger partial charge in [-0.3, -0.25) is 0 Å². The zero-order valence-corrected chi connectivity index (χ0v) is 5.98. The first kappa shape index (κ1) is 11.5. The lowest BCUT2D eigenvalue weighted by atomic mass is 10.1. The quantitative estimate of drug-likeness (QED) is 0.400. The van der Waals surface area contributed by atoms with E-state index in [1.807, 2.05) is 6.08 Å². The molecule has 0 rings (SSSR count). The highest BCUT2D eigenvalue weighted by Crippen LogP contribution is 2.05. The molecule has 0 atom stereocenters. The van der Waals surface area contributed by atoms with Crippen molar-refractivity contribution in [2.75, 3.05) is 0 Å². The number of hydrogen-bond acceptors (Lipinski definition) is 0. The molecule has 9 heavy (non-hydrogen) atoms. The normalized spacial score (nSPS) is 8.78. The highest BCUT2D eigenvalue weighted by atomic mass is 14.0. The first-order chi connectivity index (χ1) is 3.77. The summed E-state index contributed by atoms with van der Waals surface area (Å²) >= 11 is 0.